The molecule has 2 aromatic heterocycles. The first-order valence-electron chi connectivity index (χ1n) is 8.39. The first-order valence-corrected chi connectivity index (χ1v) is 8.39. The maximum absolute atomic E-state index is 11.9. The quantitative estimate of drug-likeness (QED) is 0.747. The first-order chi connectivity index (χ1) is 12.2. The molecule has 1 aliphatic carbocycles. The summed E-state index contributed by atoms with van der Waals surface area (Å²) in [6.07, 6.45) is 7.24. The molecule has 0 bridgehead atoms. The van der Waals surface area contributed by atoms with E-state index in [1.54, 1.807) is 4.68 Å². The molecule has 1 aromatic carbocycles. The van der Waals surface area contributed by atoms with E-state index in [-0.39, 0.29) is 11.8 Å². The van der Waals surface area contributed by atoms with Crippen molar-refractivity contribution in [2.75, 3.05) is 5.32 Å². The fraction of sp³-hybridized carbons (Fsp3) is 0.333. The Morgan fingerprint density at radius 3 is 3.00 bits per heavy atom. The molecule has 128 valence electrons. The number of hydrogen-bond donors (Lipinski definition) is 1. The number of carbonyl (C=O) groups excluding carboxylic acids is 1. The summed E-state index contributed by atoms with van der Waals surface area (Å²) >= 11 is 0. The fourth-order valence-electron chi connectivity index (χ4n) is 2.65. The van der Waals surface area contributed by atoms with E-state index in [1.165, 1.54) is 0 Å². The van der Waals surface area contributed by atoms with Gasteiger partial charge in [0.25, 0.3) is 0 Å². The predicted octanol–water partition coefficient (Wildman–Crippen LogP) is 2.60. The number of carbonyl (C=O) groups is 1. The lowest BCUT2D eigenvalue weighted by Crippen LogP contribution is -2.13. The molecule has 0 aliphatic heterocycles. The monoisotopic (exact) mass is 337 g/mol. The van der Waals surface area contributed by atoms with E-state index >= 15 is 0 Å². The van der Waals surface area contributed by atoms with Gasteiger partial charge in [-0.15, -0.1) is 0 Å². The van der Waals surface area contributed by atoms with Crippen molar-refractivity contribution in [3.63, 3.8) is 0 Å². The van der Waals surface area contributed by atoms with Gasteiger partial charge in [0, 0.05) is 36.8 Å². The number of rotatable bonds is 6. The summed E-state index contributed by atoms with van der Waals surface area (Å²) in [5.41, 5.74) is 2.72. The normalized spacial score (nSPS) is 13.8. The summed E-state index contributed by atoms with van der Waals surface area (Å²) in [7, 11) is 1.89. The minimum atomic E-state index is 0.0856. The van der Waals surface area contributed by atoms with Crippen molar-refractivity contribution in [3.8, 4) is 11.4 Å². The number of aryl methyl sites for hydroxylation is 3. The maximum Gasteiger partial charge on any atom is 0.227 e. The van der Waals surface area contributed by atoms with Gasteiger partial charge in [0.15, 0.2) is 0 Å². The smallest absolute Gasteiger partial charge is 0.227 e. The highest BCUT2D eigenvalue weighted by atomic mass is 16.5. The molecule has 0 unspecified atom stereocenters. The van der Waals surface area contributed by atoms with Gasteiger partial charge in [-0.05, 0) is 37.0 Å². The summed E-state index contributed by atoms with van der Waals surface area (Å²) in [5, 5.41) is 11.1. The number of benzene rings is 1. The Labute approximate surface area is 145 Å². The Kier molecular flexibility index (Phi) is 4.05. The second-order valence-electron chi connectivity index (χ2n) is 6.38. The molecule has 0 atom stereocenters. The molecule has 1 amide bonds. The second kappa shape index (κ2) is 6.51. The molecule has 7 nitrogen and oxygen atoms in total. The highest BCUT2D eigenvalue weighted by Crippen LogP contribution is 2.30. The lowest BCUT2D eigenvalue weighted by molar-refractivity contribution is -0.117. The summed E-state index contributed by atoms with van der Waals surface area (Å²) in [5.74, 6) is 1.38. The van der Waals surface area contributed by atoms with Gasteiger partial charge in [0.05, 0.1) is 6.20 Å². The van der Waals surface area contributed by atoms with Crippen LogP contribution in [0.25, 0.3) is 11.4 Å². The second-order valence-corrected chi connectivity index (χ2v) is 6.38. The molecule has 3 aromatic rings. The Bertz CT molecular complexity index is 894. The molecule has 0 saturated heterocycles. The number of amides is 1. The third-order valence-electron chi connectivity index (χ3n) is 4.19. The Hall–Kier alpha value is -2.96. The van der Waals surface area contributed by atoms with Crippen LogP contribution in [0.15, 0.2) is 41.2 Å². The largest absolute Gasteiger partial charge is 0.339 e. The van der Waals surface area contributed by atoms with E-state index < -0.39 is 0 Å². The van der Waals surface area contributed by atoms with Crippen LogP contribution in [0.1, 0.15) is 24.3 Å². The van der Waals surface area contributed by atoms with Gasteiger partial charge in [-0.1, -0.05) is 17.3 Å². The average molecular weight is 337 g/mol. The number of hydrogen-bond acceptors (Lipinski definition) is 5. The molecule has 4 rings (SSSR count). The van der Waals surface area contributed by atoms with Crippen LogP contribution in [0.5, 0.6) is 0 Å². The molecule has 1 saturated carbocycles. The van der Waals surface area contributed by atoms with Crippen molar-refractivity contribution >= 4 is 11.6 Å². The molecule has 0 spiro atoms. The molecule has 1 N–H and O–H groups in total. The van der Waals surface area contributed by atoms with Crippen LogP contribution < -0.4 is 5.32 Å². The van der Waals surface area contributed by atoms with Gasteiger partial charge in [-0.3, -0.25) is 9.48 Å². The van der Waals surface area contributed by atoms with Crippen LogP contribution in [0.2, 0.25) is 0 Å². The summed E-state index contributed by atoms with van der Waals surface area (Å²) in [6, 6.07) is 7.52. The minimum absolute atomic E-state index is 0.0856. The maximum atomic E-state index is 11.9. The predicted molar refractivity (Wildman–Crippen MR) is 91.7 cm³/mol. The molecule has 7 heteroatoms. The van der Waals surface area contributed by atoms with Crippen LogP contribution in [0, 0.1) is 5.92 Å². The van der Waals surface area contributed by atoms with E-state index in [9.17, 15) is 4.79 Å². The van der Waals surface area contributed by atoms with Crippen LogP contribution in [0.4, 0.5) is 5.69 Å². The zero-order chi connectivity index (χ0) is 17.2. The zero-order valence-electron chi connectivity index (χ0n) is 14.0. The fourth-order valence-corrected chi connectivity index (χ4v) is 2.65. The highest BCUT2D eigenvalue weighted by molar-refractivity contribution is 5.94. The van der Waals surface area contributed by atoms with Gasteiger partial charge < -0.3 is 9.84 Å². The number of nitrogens with one attached hydrogen (secondary N) is 1. The number of aromatic nitrogens is 4. The Morgan fingerprint density at radius 2 is 2.24 bits per heavy atom. The summed E-state index contributed by atoms with van der Waals surface area (Å²) in [6.45, 7) is 0. The van der Waals surface area contributed by atoms with Crippen molar-refractivity contribution in [1.29, 1.82) is 0 Å². The highest BCUT2D eigenvalue weighted by Gasteiger charge is 2.29. The summed E-state index contributed by atoms with van der Waals surface area (Å²) in [4.78, 5) is 16.3. The van der Waals surface area contributed by atoms with Crippen LogP contribution >= 0.6 is 0 Å². The zero-order valence-corrected chi connectivity index (χ0v) is 14.0. The minimum Gasteiger partial charge on any atom is -0.339 e. The molecular formula is C18H19N5O2. The molecule has 1 fully saturated rings. The van der Waals surface area contributed by atoms with Gasteiger partial charge in [0.2, 0.25) is 17.6 Å². The van der Waals surface area contributed by atoms with Crippen LogP contribution in [0.3, 0.4) is 0 Å². The van der Waals surface area contributed by atoms with Crippen molar-refractivity contribution < 1.29 is 9.32 Å². The van der Waals surface area contributed by atoms with Crippen molar-refractivity contribution in [2.24, 2.45) is 13.0 Å². The van der Waals surface area contributed by atoms with Gasteiger partial charge in [-0.2, -0.15) is 10.1 Å². The van der Waals surface area contributed by atoms with E-state index in [0.717, 1.165) is 36.1 Å². The lowest BCUT2D eigenvalue weighted by Gasteiger charge is -2.04. The molecule has 1 aliphatic rings. The Morgan fingerprint density at radius 1 is 1.36 bits per heavy atom. The van der Waals surface area contributed by atoms with Gasteiger partial charge >= 0.3 is 0 Å². The van der Waals surface area contributed by atoms with Crippen LogP contribution in [-0.2, 0) is 24.7 Å². The molecule has 2 heterocycles. The van der Waals surface area contributed by atoms with Gasteiger partial charge in [-0.25, -0.2) is 0 Å². The van der Waals surface area contributed by atoms with E-state index in [4.69, 9.17) is 4.52 Å². The van der Waals surface area contributed by atoms with Crippen molar-refractivity contribution in [2.45, 2.75) is 25.7 Å². The van der Waals surface area contributed by atoms with Crippen LogP contribution in [-0.4, -0.2) is 25.8 Å². The third kappa shape index (κ3) is 3.76. The number of nitrogens with zero attached hydrogens (tertiary/aromatic N) is 4. The van der Waals surface area contributed by atoms with E-state index in [2.05, 4.69) is 20.6 Å². The SMILES string of the molecule is Cn1cc(CCc2nc(-c3cccc(NC(=O)C4CC4)c3)no2)cn1. The topological polar surface area (TPSA) is 85.8 Å². The Balaban J connectivity index is 1.43. The third-order valence-corrected chi connectivity index (χ3v) is 4.19. The molecule has 25 heavy (non-hydrogen) atoms. The number of anilines is 1. The standard InChI is InChI=1S/C18H19N5O2/c1-23-11-12(10-19-23)5-8-16-21-17(22-25-16)14-3-2-4-15(9-14)20-18(24)13-6-7-13/h2-4,9-11,13H,5-8H2,1H3,(H,20,24). The first kappa shape index (κ1) is 15.6. The van der Waals surface area contributed by atoms with Crippen molar-refractivity contribution in [3.05, 3.63) is 48.1 Å². The molecular weight excluding hydrogens is 318 g/mol. The van der Waals surface area contributed by atoms with Gasteiger partial charge in [0.1, 0.15) is 0 Å². The molecule has 0 radical (unpaired) electrons. The van der Waals surface area contributed by atoms with E-state index in [1.807, 2.05) is 43.7 Å². The average Bonchev–Trinajstić information content (AvgIpc) is 3.22. The van der Waals surface area contributed by atoms with Crippen molar-refractivity contribution in [1.82, 2.24) is 19.9 Å². The van der Waals surface area contributed by atoms with E-state index in [0.29, 0.717) is 18.1 Å². The summed E-state index contributed by atoms with van der Waals surface area (Å²) < 4.78 is 7.11. The lowest BCUT2D eigenvalue weighted by atomic mass is 10.2.